The van der Waals surface area contributed by atoms with Gasteiger partial charge in [0, 0.05) is 11.1 Å². The van der Waals surface area contributed by atoms with Gasteiger partial charge in [0.2, 0.25) is 0 Å². The lowest BCUT2D eigenvalue weighted by atomic mass is 9.72. The van der Waals surface area contributed by atoms with Crippen molar-refractivity contribution in [3.8, 4) is 16.9 Å². The maximum absolute atomic E-state index is 12.1. The number of hydrogen-bond acceptors (Lipinski definition) is 2. The van der Waals surface area contributed by atoms with Crippen LogP contribution in [0.25, 0.3) is 21.9 Å². The molecule has 6 aromatic rings. The van der Waals surface area contributed by atoms with Gasteiger partial charge in [0.05, 0.1) is 16.6 Å². The van der Waals surface area contributed by atoms with E-state index >= 15 is 0 Å². The van der Waals surface area contributed by atoms with Gasteiger partial charge in [-0.2, -0.15) is 0 Å². The minimum Gasteiger partial charge on any atom is -0.507 e. The molecule has 3 heteroatoms. The van der Waals surface area contributed by atoms with E-state index in [0.717, 1.165) is 40.4 Å². The van der Waals surface area contributed by atoms with Gasteiger partial charge in [-0.25, -0.2) is 0 Å². The summed E-state index contributed by atoms with van der Waals surface area (Å²) >= 11 is 0. The molecular formula is C38H30NOP. The lowest BCUT2D eigenvalue weighted by Gasteiger charge is -2.34. The third-order valence-electron chi connectivity index (χ3n) is 8.23. The van der Waals surface area contributed by atoms with Crippen LogP contribution in [0.5, 0.6) is 5.75 Å². The average molecular weight is 548 g/mol. The number of rotatable bonds is 5. The first-order valence-electron chi connectivity index (χ1n) is 14.1. The number of aliphatic imine (C=N–C) groups is 1. The predicted molar refractivity (Wildman–Crippen MR) is 174 cm³/mol. The molecule has 2 atom stereocenters. The summed E-state index contributed by atoms with van der Waals surface area (Å²) in [6.45, 7) is 0. The third-order valence-corrected chi connectivity index (χ3v) is 10.8. The molecule has 0 bridgehead atoms. The van der Waals surface area contributed by atoms with Crippen molar-refractivity contribution in [2.45, 2.75) is 11.8 Å². The van der Waals surface area contributed by atoms with E-state index < -0.39 is 13.3 Å². The fourth-order valence-corrected chi connectivity index (χ4v) is 9.12. The van der Waals surface area contributed by atoms with E-state index in [2.05, 4.69) is 127 Å². The molecule has 2 nitrogen and oxygen atoms in total. The van der Waals surface area contributed by atoms with Crippen LogP contribution in [0.15, 0.2) is 157 Å². The number of benzene rings is 6. The molecule has 0 aromatic heterocycles. The standard InChI is InChI=1S/C38H30NOP/c40-36-34(29-14-4-1-5-15-29)21-12-22-35(36)38(31-17-6-2-7-18-31)25-26-41(33-19-8-3-9-20-33)37(38)39-32-24-23-28-13-10-11-16-30(28)27-32/h1-24,27,40H,25-26H2. The number of aromatic hydroxyl groups is 1. The molecule has 198 valence electrons. The van der Waals surface area contributed by atoms with Crippen molar-refractivity contribution in [1.29, 1.82) is 0 Å². The second kappa shape index (κ2) is 10.8. The van der Waals surface area contributed by atoms with Crippen LogP contribution in [-0.4, -0.2) is 16.7 Å². The Hall–Kier alpha value is -4.52. The monoisotopic (exact) mass is 547 g/mol. The first-order chi connectivity index (χ1) is 20.2. The van der Waals surface area contributed by atoms with E-state index in [4.69, 9.17) is 4.99 Å². The minimum atomic E-state index is -0.743. The average Bonchev–Trinajstić information content (AvgIpc) is 3.42. The fraction of sp³-hybridized carbons (Fsp3) is 0.0789. The van der Waals surface area contributed by atoms with E-state index in [1.807, 2.05) is 24.3 Å². The first kappa shape index (κ1) is 25.4. The van der Waals surface area contributed by atoms with Crippen LogP contribution in [0.3, 0.4) is 0 Å². The summed E-state index contributed by atoms with van der Waals surface area (Å²) in [5.41, 5.74) is 5.46. The van der Waals surface area contributed by atoms with Crippen molar-refractivity contribution in [3.63, 3.8) is 0 Å². The molecule has 0 radical (unpaired) electrons. The molecule has 1 aliphatic rings. The molecular weight excluding hydrogens is 517 g/mol. The molecule has 0 aliphatic carbocycles. The molecule has 1 heterocycles. The van der Waals surface area contributed by atoms with Gasteiger partial charge in [-0.05, 0) is 59.8 Å². The Morgan fingerprint density at radius 2 is 1.27 bits per heavy atom. The number of phenols is 1. The number of para-hydroxylation sites is 1. The molecule has 0 saturated carbocycles. The topological polar surface area (TPSA) is 32.6 Å². The fourth-order valence-electron chi connectivity index (χ4n) is 6.26. The van der Waals surface area contributed by atoms with Gasteiger partial charge in [0.25, 0.3) is 0 Å². The van der Waals surface area contributed by atoms with Gasteiger partial charge in [-0.15, -0.1) is 0 Å². The highest BCUT2D eigenvalue weighted by atomic mass is 31.1. The summed E-state index contributed by atoms with van der Waals surface area (Å²) in [6, 6.07) is 52.8. The number of nitrogens with zero attached hydrogens (tertiary/aromatic N) is 1. The maximum Gasteiger partial charge on any atom is 0.127 e. The number of fused-ring (bicyclic) bond motifs is 1. The second-order valence-electron chi connectivity index (χ2n) is 10.5. The van der Waals surface area contributed by atoms with Crippen molar-refractivity contribution < 1.29 is 5.11 Å². The molecule has 0 amide bonds. The molecule has 0 spiro atoms. The maximum atomic E-state index is 12.1. The van der Waals surface area contributed by atoms with Crippen LogP contribution >= 0.6 is 7.92 Å². The van der Waals surface area contributed by atoms with E-state index in [-0.39, 0.29) is 0 Å². The van der Waals surface area contributed by atoms with E-state index in [0.29, 0.717) is 5.75 Å². The number of phenolic OH excluding ortho intramolecular Hbond substituents is 1. The Balaban J connectivity index is 1.51. The Morgan fingerprint density at radius 3 is 2.02 bits per heavy atom. The summed E-state index contributed by atoms with van der Waals surface area (Å²) in [4.78, 5) is 5.55. The Morgan fingerprint density at radius 1 is 0.610 bits per heavy atom. The van der Waals surface area contributed by atoms with Crippen molar-refractivity contribution in [3.05, 3.63) is 163 Å². The van der Waals surface area contributed by atoms with Gasteiger partial charge in [0.15, 0.2) is 0 Å². The Kier molecular flexibility index (Phi) is 6.71. The van der Waals surface area contributed by atoms with Gasteiger partial charge in [0.1, 0.15) is 5.75 Å². The Labute approximate surface area is 242 Å². The van der Waals surface area contributed by atoms with Crippen LogP contribution in [0.4, 0.5) is 5.69 Å². The normalized spacial score (nSPS) is 19.5. The zero-order valence-corrected chi connectivity index (χ0v) is 23.6. The second-order valence-corrected chi connectivity index (χ2v) is 12.8. The Bertz CT molecular complexity index is 1850. The highest BCUT2D eigenvalue weighted by Gasteiger charge is 2.50. The summed E-state index contributed by atoms with van der Waals surface area (Å²) in [5.74, 6) is 0.332. The summed E-state index contributed by atoms with van der Waals surface area (Å²) in [5, 5.41) is 15.8. The van der Waals surface area contributed by atoms with Crippen LogP contribution in [0, 0.1) is 0 Å². The highest BCUT2D eigenvalue weighted by Crippen LogP contribution is 2.60. The molecule has 1 fully saturated rings. The molecule has 1 aliphatic heterocycles. The van der Waals surface area contributed by atoms with Crippen molar-refractivity contribution in [2.24, 2.45) is 4.99 Å². The zero-order valence-electron chi connectivity index (χ0n) is 22.7. The summed E-state index contributed by atoms with van der Waals surface area (Å²) in [6.07, 6.45) is 1.87. The van der Waals surface area contributed by atoms with Gasteiger partial charge in [-0.3, -0.25) is 4.99 Å². The first-order valence-corrected chi connectivity index (χ1v) is 15.6. The molecule has 6 aromatic carbocycles. The van der Waals surface area contributed by atoms with Gasteiger partial charge < -0.3 is 5.11 Å². The zero-order chi connectivity index (χ0) is 27.6. The quantitative estimate of drug-likeness (QED) is 0.214. The largest absolute Gasteiger partial charge is 0.507 e. The smallest absolute Gasteiger partial charge is 0.127 e. The van der Waals surface area contributed by atoms with Crippen LogP contribution < -0.4 is 5.30 Å². The van der Waals surface area contributed by atoms with E-state index in [1.165, 1.54) is 21.6 Å². The molecule has 41 heavy (non-hydrogen) atoms. The van der Waals surface area contributed by atoms with Gasteiger partial charge >= 0.3 is 0 Å². The molecule has 1 saturated heterocycles. The summed E-state index contributed by atoms with van der Waals surface area (Å²) < 4.78 is 0. The third kappa shape index (κ3) is 4.55. The van der Waals surface area contributed by atoms with Crippen molar-refractivity contribution >= 4 is 35.1 Å². The van der Waals surface area contributed by atoms with Crippen LogP contribution in [-0.2, 0) is 5.41 Å². The van der Waals surface area contributed by atoms with E-state index in [1.54, 1.807) is 0 Å². The van der Waals surface area contributed by atoms with Gasteiger partial charge in [-0.1, -0.05) is 140 Å². The summed E-state index contributed by atoms with van der Waals surface area (Å²) in [7, 11) is -0.743. The lowest BCUT2D eigenvalue weighted by molar-refractivity contribution is 0.460. The molecule has 7 rings (SSSR count). The predicted octanol–water partition coefficient (Wildman–Crippen LogP) is 9.44. The molecule has 2 unspecified atom stereocenters. The van der Waals surface area contributed by atoms with Crippen molar-refractivity contribution in [1.82, 2.24) is 0 Å². The van der Waals surface area contributed by atoms with E-state index in [9.17, 15) is 5.11 Å². The SMILES string of the molecule is Oc1c(-c2ccccc2)cccc1C1(c2ccccc2)CCP(c2ccccc2)C1=Nc1ccc2ccccc2c1. The highest BCUT2D eigenvalue weighted by molar-refractivity contribution is 7.82. The van der Waals surface area contributed by atoms with Crippen LogP contribution in [0.2, 0.25) is 0 Å². The minimum absolute atomic E-state index is 0.332. The molecule has 1 N–H and O–H groups in total. The van der Waals surface area contributed by atoms with Crippen molar-refractivity contribution in [2.75, 3.05) is 6.16 Å². The van der Waals surface area contributed by atoms with Crippen LogP contribution in [0.1, 0.15) is 17.5 Å². The number of hydrogen-bond donors (Lipinski definition) is 1. The lowest BCUT2D eigenvalue weighted by Crippen LogP contribution is -2.33.